The van der Waals surface area contributed by atoms with E-state index < -0.39 is 10.0 Å². The summed E-state index contributed by atoms with van der Waals surface area (Å²) >= 11 is 0. The van der Waals surface area contributed by atoms with Crippen LogP contribution in [0.25, 0.3) is 10.8 Å². The SMILES string of the molecule is Cl.O=S(=O)(Nc1ccc2c(c1)CNCC2)c1ccc2ccccc2c1. The van der Waals surface area contributed by atoms with Crippen molar-refractivity contribution in [3.63, 3.8) is 0 Å². The maximum absolute atomic E-state index is 12.7. The fourth-order valence-corrected chi connectivity index (χ4v) is 4.18. The molecule has 0 unspecified atom stereocenters. The van der Waals surface area contributed by atoms with Gasteiger partial charge in [-0.15, -0.1) is 12.4 Å². The molecule has 3 aromatic rings. The maximum Gasteiger partial charge on any atom is 0.261 e. The van der Waals surface area contributed by atoms with Crippen molar-refractivity contribution in [3.05, 3.63) is 71.8 Å². The zero-order chi connectivity index (χ0) is 16.6. The van der Waals surface area contributed by atoms with Crippen LogP contribution in [-0.4, -0.2) is 15.0 Å². The molecule has 0 aromatic heterocycles. The molecule has 0 saturated heterocycles. The van der Waals surface area contributed by atoms with Gasteiger partial charge in [0, 0.05) is 12.2 Å². The highest BCUT2D eigenvalue weighted by atomic mass is 35.5. The van der Waals surface area contributed by atoms with Gasteiger partial charge in [-0.05, 0) is 59.1 Å². The summed E-state index contributed by atoms with van der Waals surface area (Å²) in [5, 5.41) is 5.24. The molecule has 1 aliphatic rings. The summed E-state index contributed by atoms with van der Waals surface area (Å²) in [6, 6.07) is 18.7. The van der Waals surface area contributed by atoms with Crippen molar-refractivity contribution in [2.75, 3.05) is 11.3 Å². The maximum atomic E-state index is 12.7. The lowest BCUT2D eigenvalue weighted by molar-refractivity contribution is 0.601. The molecule has 6 heteroatoms. The second kappa shape index (κ2) is 7.04. The highest BCUT2D eigenvalue weighted by Gasteiger charge is 2.16. The zero-order valence-electron chi connectivity index (χ0n) is 13.5. The van der Waals surface area contributed by atoms with E-state index in [9.17, 15) is 8.42 Å². The van der Waals surface area contributed by atoms with Crippen molar-refractivity contribution in [3.8, 4) is 0 Å². The Labute approximate surface area is 153 Å². The summed E-state index contributed by atoms with van der Waals surface area (Å²) in [6.07, 6.45) is 0.979. The smallest absolute Gasteiger partial charge is 0.261 e. The van der Waals surface area contributed by atoms with Gasteiger partial charge in [-0.1, -0.05) is 36.4 Å². The highest BCUT2D eigenvalue weighted by molar-refractivity contribution is 7.92. The third kappa shape index (κ3) is 3.63. The van der Waals surface area contributed by atoms with Gasteiger partial charge in [0.1, 0.15) is 0 Å². The normalized spacial score (nSPS) is 13.8. The minimum absolute atomic E-state index is 0. The van der Waals surface area contributed by atoms with Crippen molar-refractivity contribution in [1.82, 2.24) is 5.32 Å². The van der Waals surface area contributed by atoms with Crippen LogP contribution in [0.5, 0.6) is 0 Å². The Morgan fingerprint density at radius 2 is 1.68 bits per heavy atom. The van der Waals surface area contributed by atoms with Crippen LogP contribution in [0.15, 0.2) is 65.6 Å². The van der Waals surface area contributed by atoms with Gasteiger partial charge in [-0.2, -0.15) is 0 Å². The summed E-state index contributed by atoms with van der Waals surface area (Å²) in [5.74, 6) is 0. The van der Waals surface area contributed by atoms with Gasteiger partial charge >= 0.3 is 0 Å². The average Bonchev–Trinajstić information content (AvgIpc) is 2.61. The second-order valence-electron chi connectivity index (χ2n) is 6.02. The number of halogens is 1. The molecule has 130 valence electrons. The molecule has 1 aliphatic heterocycles. The first-order valence-corrected chi connectivity index (χ1v) is 9.44. The highest BCUT2D eigenvalue weighted by Crippen LogP contribution is 2.24. The number of sulfonamides is 1. The van der Waals surface area contributed by atoms with Crippen LogP contribution >= 0.6 is 12.4 Å². The van der Waals surface area contributed by atoms with Crippen LogP contribution in [-0.2, 0) is 23.0 Å². The van der Waals surface area contributed by atoms with Gasteiger partial charge in [0.2, 0.25) is 0 Å². The van der Waals surface area contributed by atoms with Gasteiger partial charge in [0.05, 0.1) is 4.90 Å². The lowest BCUT2D eigenvalue weighted by Gasteiger charge is -2.18. The van der Waals surface area contributed by atoms with Crippen molar-refractivity contribution >= 4 is 38.9 Å². The molecular formula is C19H19ClN2O2S. The minimum atomic E-state index is -3.60. The van der Waals surface area contributed by atoms with Crippen LogP contribution in [0.3, 0.4) is 0 Å². The fourth-order valence-electron chi connectivity index (χ4n) is 3.09. The van der Waals surface area contributed by atoms with Crippen LogP contribution in [0.4, 0.5) is 5.69 Å². The molecule has 1 heterocycles. The molecule has 0 aliphatic carbocycles. The van der Waals surface area contributed by atoms with Gasteiger partial charge in [0.15, 0.2) is 0 Å². The van der Waals surface area contributed by atoms with Crippen LogP contribution in [0, 0.1) is 0 Å². The molecule has 0 bridgehead atoms. The summed E-state index contributed by atoms with van der Waals surface area (Å²) < 4.78 is 28.1. The van der Waals surface area contributed by atoms with Gasteiger partial charge < -0.3 is 5.32 Å². The van der Waals surface area contributed by atoms with Gasteiger partial charge in [0.25, 0.3) is 10.0 Å². The van der Waals surface area contributed by atoms with E-state index in [0.29, 0.717) is 5.69 Å². The molecule has 0 amide bonds. The van der Waals surface area contributed by atoms with Crippen molar-refractivity contribution in [2.45, 2.75) is 17.9 Å². The van der Waals surface area contributed by atoms with E-state index in [2.05, 4.69) is 10.0 Å². The van der Waals surface area contributed by atoms with E-state index in [4.69, 9.17) is 0 Å². The number of fused-ring (bicyclic) bond motifs is 2. The molecule has 4 nitrogen and oxygen atoms in total. The Bertz CT molecular complexity index is 1020. The van der Waals surface area contributed by atoms with E-state index in [1.807, 2.05) is 48.5 Å². The number of anilines is 1. The first kappa shape index (κ1) is 17.7. The first-order valence-electron chi connectivity index (χ1n) is 7.96. The van der Waals surface area contributed by atoms with Crippen molar-refractivity contribution < 1.29 is 8.42 Å². The molecule has 0 saturated carbocycles. The number of hydrogen-bond donors (Lipinski definition) is 2. The van der Waals surface area contributed by atoms with E-state index in [0.717, 1.165) is 35.8 Å². The molecule has 0 fully saturated rings. The third-order valence-electron chi connectivity index (χ3n) is 4.38. The Balaban J connectivity index is 0.00000182. The topological polar surface area (TPSA) is 58.2 Å². The van der Waals surface area contributed by atoms with E-state index in [-0.39, 0.29) is 17.3 Å². The summed E-state index contributed by atoms with van der Waals surface area (Å²) in [6.45, 7) is 1.75. The standard InChI is InChI=1S/C19H18N2O2S.ClH/c22-24(23,19-8-6-14-3-1-2-4-16(14)12-19)21-18-7-5-15-9-10-20-13-17(15)11-18;/h1-8,11-12,20-21H,9-10,13H2;1H. The first-order chi connectivity index (χ1) is 11.6. The Morgan fingerprint density at radius 1 is 0.880 bits per heavy atom. The predicted octanol–water partition coefficient (Wildman–Crippen LogP) is 3.71. The number of benzene rings is 3. The molecule has 0 atom stereocenters. The lowest BCUT2D eigenvalue weighted by atomic mass is 10.0. The van der Waals surface area contributed by atoms with Gasteiger partial charge in [-0.3, -0.25) is 4.72 Å². The van der Waals surface area contributed by atoms with E-state index >= 15 is 0 Å². The van der Waals surface area contributed by atoms with E-state index in [1.54, 1.807) is 12.1 Å². The Hall–Kier alpha value is -2.08. The molecule has 3 aromatic carbocycles. The molecule has 0 radical (unpaired) electrons. The van der Waals surface area contributed by atoms with E-state index in [1.165, 1.54) is 5.56 Å². The van der Waals surface area contributed by atoms with Crippen molar-refractivity contribution in [2.24, 2.45) is 0 Å². The third-order valence-corrected chi connectivity index (χ3v) is 5.76. The van der Waals surface area contributed by atoms with Crippen LogP contribution < -0.4 is 10.0 Å². The monoisotopic (exact) mass is 374 g/mol. The summed E-state index contributed by atoms with van der Waals surface area (Å²) in [5.41, 5.74) is 3.04. The molecule has 0 spiro atoms. The van der Waals surface area contributed by atoms with Crippen molar-refractivity contribution in [1.29, 1.82) is 0 Å². The Morgan fingerprint density at radius 3 is 2.52 bits per heavy atom. The van der Waals surface area contributed by atoms with Gasteiger partial charge in [-0.25, -0.2) is 8.42 Å². The zero-order valence-corrected chi connectivity index (χ0v) is 15.2. The van der Waals surface area contributed by atoms with Crippen LogP contribution in [0.2, 0.25) is 0 Å². The Kier molecular flexibility index (Phi) is 4.99. The fraction of sp³-hybridized carbons (Fsp3) is 0.158. The minimum Gasteiger partial charge on any atom is -0.312 e. The van der Waals surface area contributed by atoms with Crippen LogP contribution in [0.1, 0.15) is 11.1 Å². The summed E-state index contributed by atoms with van der Waals surface area (Å²) in [4.78, 5) is 0.275. The number of rotatable bonds is 3. The average molecular weight is 375 g/mol. The largest absolute Gasteiger partial charge is 0.312 e. The molecule has 4 rings (SSSR count). The quantitative estimate of drug-likeness (QED) is 0.734. The number of hydrogen-bond acceptors (Lipinski definition) is 3. The number of nitrogens with one attached hydrogen (secondary N) is 2. The lowest BCUT2D eigenvalue weighted by Crippen LogP contribution is -2.23. The summed E-state index contributed by atoms with van der Waals surface area (Å²) in [7, 11) is -3.60. The predicted molar refractivity (Wildman–Crippen MR) is 104 cm³/mol. The molecular weight excluding hydrogens is 356 g/mol. The second-order valence-corrected chi connectivity index (χ2v) is 7.71. The molecule has 25 heavy (non-hydrogen) atoms. The molecule has 2 N–H and O–H groups in total.